The van der Waals surface area contributed by atoms with Gasteiger partial charge in [-0.15, -0.1) is 0 Å². The second-order valence-electron chi connectivity index (χ2n) is 8.00. The Morgan fingerprint density at radius 3 is 2.66 bits per heavy atom. The number of aromatic nitrogens is 3. The van der Waals surface area contributed by atoms with Crippen LogP contribution in [0, 0.1) is 0 Å². The van der Waals surface area contributed by atoms with Crippen LogP contribution in [0.25, 0.3) is 10.6 Å². The summed E-state index contributed by atoms with van der Waals surface area (Å²) in [6, 6.07) is 6.52. The number of carbonyl (C=O) groups excluding carboxylic acids is 2. The number of thiazole rings is 1. The molecule has 3 N–H and O–H groups in total. The first-order valence-electron chi connectivity index (χ1n) is 9.76. The van der Waals surface area contributed by atoms with E-state index in [9.17, 15) is 9.59 Å². The van der Waals surface area contributed by atoms with E-state index in [2.05, 4.69) is 25.8 Å². The van der Waals surface area contributed by atoms with Crippen molar-refractivity contribution in [3.63, 3.8) is 0 Å². The number of amides is 2. The summed E-state index contributed by atoms with van der Waals surface area (Å²) in [5.41, 5.74) is 1.35. The molecule has 0 saturated carbocycles. The van der Waals surface area contributed by atoms with E-state index < -0.39 is 11.7 Å². The minimum Gasteiger partial charge on any atom is -0.444 e. The van der Waals surface area contributed by atoms with Crippen LogP contribution in [-0.2, 0) is 9.53 Å². The first-order valence-corrected chi connectivity index (χ1v) is 11.0. The van der Waals surface area contributed by atoms with Gasteiger partial charge in [-0.3, -0.25) is 15.2 Å². The molecule has 0 radical (unpaired) electrons. The summed E-state index contributed by atoms with van der Waals surface area (Å²) >= 11 is 7.61. The summed E-state index contributed by atoms with van der Waals surface area (Å²) in [6.07, 6.45) is 1.08. The first kappa shape index (κ1) is 23.6. The maximum atomic E-state index is 11.9. The topological polar surface area (TPSA) is 118 Å². The van der Waals surface area contributed by atoms with Crippen LogP contribution in [0.3, 0.4) is 0 Å². The van der Waals surface area contributed by atoms with Crippen LogP contribution in [0.1, 0.15) is 46.4 Å². The van der Waals surface area contributed by atoms with Gasteiger partial charge in [0.1, 0.15) is 17.0 Å². The van der Waals surface area contributed by atoms with Crippen LogP contribution in [0.2, 0.25) is 5.02 Å². The van der Waals surface area contributed by atoms with Gasteiger partial charge in [0.05, 0.1) is 27.8 Å². The largest absolute Gasteiger partial charge is 0.444 e. The van der Waals surface area contributed by atoms with Crippen molar-refractivity contribution >= 4 is 40.6 Å². The van der Waals surface area contributed by atoms with Crippen molar-refractivity contribution in [1.82, 2.24) is 20.5 Å². The molecule has 0 aliphatic heterocycles. The summed E-state index contributed by atoms with van der Waals surface area (Å²) in [6.45, 7) is 8.68. The average Bonchev–Trinajstić information content (AvgIpc) is 3.31. The highest BCUT2D eigenvalue weighted by atomic mass is 35.5. The zero-order valence-electron chi connectivity index (χ0n) is 18.3. The third-order valence-electron chi connectivity index (χ3n) is 4.00. The van der Waals surface area contributed by atoms with Crippen molar-refractivity contribution in [2.24, 2.45) is 0 Å². The molecule has 1 unspecified atom stereocenters. The smallest absolute Gasteiger partial charge is 0.412 e. The lowest BCUT2D eigenvalue weighted by molar-refractivity contribution is -0.119. The van der Waals surface area contributed by atoms with Crippen LogP contribution in [0.5, 0.6) is 10.9 Å². The highest BCUT2D eigenvalue weighted by molar-refractivity contribution is 7.16. The van der Waals surface area contributed by atoms with Gasteiger partial charge < -0.3 is 14.8 Å². The first-order chi connectivity index (χ1) is 15.0. The van der Waals surface area contributed by atoms with Gasteiger partial charge >= 0.3 is 6.09 Å². The molecule has 2 aromatic heterocycles. The highest BCUT2D eigenvalue weighted by Crippen LogP contribution is 2.36. The summed E-state index contributed by atoms with van der Waals surface area (Å²) in [4.78, 5) is 28.2. The number of H-pyrrole nitrogens is 1. The fourth-order valence-electron chi connectivity index (χ4n) is 2.67. The Labute approximate surface area is 194 Å². The highest BCUT2D eigenvalue weighted by Gasteiger charge is 2.17. The Morgan fingerprint density at radius 2 is 2.00 bits per heavy atom. The Morgan fingerprint density at radius 1 is 1.25 bits per heavy atom. The third kappa shape index (κ3) is 6.44. The van der Waals surface area contributed by atoms with Crippen molar-refractivity contribution in [1.29, 1.82) is 0 Å². The van der Waals surface area contributed by atoms with Crippen molar-refractivity contribution in [2.45, 2.75) is 46.3 Å². The summed E-state index contributed by atoms with van der Waals surface area (Å²) in [7, 11) is 0. The van der Waals surface area contributed by atoms with Crippen molar-refractivity contribution in [3.8, 4) is 21.5 Å². The standard InChI is InChI=1S/C21H24ClN5O4S/c1-11(24-12(2)28)15-9-16(27-26-15)18-10-23-20(32-18)30-17-7-6-13(8-14(17)22)25-19(29)31-21(3,4)5/h6-11H,1-5H3,(H,24,28)(H,25,29)(H,26,27). The second kappa shape index (κ2) is 9.58. The molecule has 0 spiro atoms. The van der Waals surface area contributed by atoms with Crippen LogP contribution >= 0.6 is 22.9 Å². The quantitative estimate of drug-likeness (QED) is 0.430. The van der Waals surface area contributed by atoms with E-state index in [1.54, 1.807) is 45.2 Å². The van der Waals surface area contributed by atoms with Crippen LogP contribution < -0.4 is 15.4 Å². The zero-order valence-corrected chi connectivity index (χ0v) is 19.9. The average molecular weight is 478 g/mol. The van der Waals surface area contributed by atoms with E-state index in [0.717, 1.165) is 10.6 Å². The minimum atomic E-state index is -0.601. The fourth-order valence-corrected chi connectivity index (χ4v) is 3.63. The summed E-state index contributed by atoms with van der Waals surface area (Å²) < 4.78 is 11.0. The van der Waals surface area contributed by atoms with E-state index in [-0.39, 0.29) is 11.9 Å². The molecule has 0 bridgehead atoms. The molecule has 32 heavy (non-hydrogen) atoms. The molecule has 2 heterocycles. The fraction of sp³-hybridized carbons (Fsp3) is 0.333. The molecule has 1 aromatic carbocycles. The number of benzene rings is 1. The van der Waals surface area contributed by atoms with Gasteiger partial charge in [-0.25, -0.2) is 9.78 Å². The van der Waals surface area contributed by atoms with Crippen molar-refractivity contribution in [3.05, 3.63) is 41.2 Å². The number of rotatable bonds is 6. The van der Waals surface area contributed by atoms with Crippen LogP contribution in [0.15, 0.2) is 30.5 Å². The molecule has 3 rings (SSSR count). The molecule has 11 heteroatoms. The number of anilines is 1. The number of ether oxygens (including phenoxy) is 2. The van der Waals surface area contributed by atoms with Gasteiger partial charge in [0.2, 0.25) is 5.91 Å². The normalized spacial score (nSPS) is 12.2. The molecule has 3 aromatic rings. The Hall–Kier alpha value is -3.11. The van der Waals surface area contributed by atoms with Crippen molar-refractivity contribution < 1.29 is 19.1 Å². The maximum absolute atomic E-state index is 11.9. The Kier molecular flexibility index (Phi) is 7.05. The molecular formula is C21H24ClN5O4S. The molecule has 9 nitrogen and oxygen atoms in total. The van der Waals surface area contributed by atoms with Gasteiger partial charge in [0.15, 0.2) is 0 Å². The second-order valence-corrected chi connectivity index (χ2v) is 9.40. The molecule has 2 amide bonds. The lowest BCUT2D eigenvalue weighted by atomic mass is 10.2. The molecule has 1 atom stereocenters. The SMILES string of the molecule is CC(=O)NC(C)c1cc(-c2cnc(Oc3ccc(NC(=O)OC(C)(C)C)cc3Cl)s2)n[nH]1. The van der Waals surface area contributed by atoms with E-state index in [1.807, 2.05) is 13.0 Å². The minimum absolute atomic E-state index is 0.119. The number of nitrogens with one attached hydrogen (secondary N) is 3. The number of nitrogens with zero attached hydrogens (tertiary/aromatic N) is 2. The van der Waals surface area contributed by atoms with Gasteiger partial charge in [-0.1, -0.05) is 22.9 Å². The maximum Gasteiger partial charge on any atom is 0.412 e. The number of aromatic amines is 1. The van der Waals surface area contributed by atoms with E-state index >= 15 is 0 Å². The molecule has 170 valence electrons. The predicted molar refractivity (Wildman–Crippen MR) is 123 cm³/mol. The molecule has 0 saturated heterocycles. The molecule has 0 aliphatic carbocycles. The molecule has 0 fully saturated rings. The van der Waals surface area contributed by atoms with Crippen molar-refractivity contribution in [2.75, 3.05) is 5.32 Å². The number of carbonyl (C=O) groups is 2. The number of halogens is 1. The van der Waals surface area contributed by atoms with Crippen LogP contribution in [0.4, 0.5) is 10.5 Å². The van der Waals surface area contributed by atoms with Gasteiger partial charge in [0, 0.05) is 12.6 Å². The number of hydrogen-bond acceptors (Lipinski definition) is 7. The van der Waals surface area contributed by atoms with Gasteiger partial charge in [-0.2, -0.15) is 5.10 Å². The Balaban J connectivity index is 1.66. The Bertz CT molecular complexity index is 1120. The van der Waals surface area contributed by atoms with Crippen LogP contribution in [-0.4, -0.2) is 32.8 Å². The van der Waals surface area contributed by atoms with Gasteiger partial charge in [0.25, 0.3) is 5.19 Å². The zero-order chi connectivity index (χ0) is 23.5. The van der Waals surface area contributed by atoms with E-state index in [4.69, 9.17) is 21.1 Å². The lowest BCUT2D eigenvalue weighted by Crippen LogP contribution is -2.27. The summed E-state index contributed by atoms with van der Waals surface area (Å²) in [5.74, 6) is 0.274. The monoisotopic (exact) mass is 477 g/mol. The molecule has 0 aliphatic rings. The third-order valence-corrected chi connectivity index (χ3v) is 5.19. The van der Waals surface area contributed by atoms with Gasteiger partial charge in [-0.05, 0) is 52.0 Å². The van der Waals surface area contributed by atoms with E-state index in [0.29, 0.717) is 27.3 Å². The molecular weight excluding hydrogens is 454 g/mol. The lowest BCUT2D eigenvalue weighted by Gasteiger charge is -2.19. The van der Waals surface area contributed by atoms with E-state index in [1.165, 1.54) is 18.3 Å². The summed E-state index contributed by atoms with van der Waals surface area (Å²) in [5, 5.41) is 13.3. The number of hydrogen-bond donors (Lipinski definition) is 3. The predicted octanol–water partition coefficient (Wildman–Crippen LogP) is 5.52.